The van der Waals surface area contributed by atoms with Crippen LogP contribution in [0.15, 0.2) is 22.9 Å². The molecule has 1 N–H and O–H groups in total. The molecule has 0 fully saturated rings. The molecule has 1 amide bonds. The van der Waals surface area contributed by atoms with E-state index in [2.05, 4.69) is 26.2 Å². The van der Waals surface area contributed by atoms with Gasteiger partial charge >= 0.3 is 0 Å². The standard InChI is InChI=1S/C10H14BrN3O/c1-3-14(2)10(15)7-13-9-4-8(11)5-12-6-9/h4-6,13H,3,7H2,1-2H3. The van der Waals surface area contributed by atoms with Gasteiger partial charge in [0, 0.05) is 24.3 Å². The highest BCUT2D eigenvalue weighted by atomic mass is 79.9. The van der Waals surface area contributed by atoms with Gasteiger partial charge in [-0.25, -0.2) is 0 Å². The van der Waals surface area contributed by atoms with E-state index >= 15 is 0 Å². The highest BCUT2D eigenvalue weighted by Gasteiger charge is 2.05. The highest BCUT2D eigenvalue weighted by molar-refractivity contribution is 9.10. The Labute approximate surface area is 97.8 Å². The molecule has 0 spiro atoms. The van der Waals surface area contributed by atoms with Gasteiger partial charge < -0.3 is 10.2 Å². The van der Waals surface area contributed by atoms with Crippen LogP contribution in [0.1, 0.15) is 6.92 Å². The molecule has 0 aliphatic carbocycles. The Morgan fingerprint density at radius 2 is 2.33 bits per heavy atom. The van der Waals surface area contributed by atoms with Gasteiger partial charge in [-0.2, -0.15) is 0 Å². The topological polar surface area (TPSA) is 45.2 Å². The summed E-state index contributed by atoms with van der Waals surface area (Å²) in [7, 11) is 1.78. The first-order valence-electron chi connectivity index (χ1n) is 4.72. The van der Waals surface area contributed by atoms with Crippen LogP contribution in [-0.4, -0.2) is 35.9 Å². The van der Waals surface area contributed by atoms with E-state index in [0.717, 1.165) is 16.7 Å². The SMILES string of the molecule is CCN(C)C(=O)CNc1cncc(Br)c1. The second kappa shape index (κ2) is 5.70. The smallest absolute Gasteiger partial charge is 0.241 e. The summed E-state index contributed by atoms with van der Waals surface area (Å²) in [6.07, 6.45) is 3.38. The molecule has 1 rings (SSSR count). The van der Waals surface area contributed by atoms with Gasteiger partial charge in [-0.15, -0.1) is 0 Å². The molecule has 0 aromatic carbocycles. The lowest BCUT2D eigenvalue weighted by Gasteiger charge is -2.15. The molecule has 15 heavy (non-hydrogen) atoms. The third kappa shape index (κ3) is 3.87. The summed E-state index contributed by atoms with van der Waals surface area (Å²) in [6.45, 7) is 2.96. The van der Waals surface area contributed by atoms with Gasteiger partial charge in [-0.1, -0.05) is 0 Å². The average Bonchev–Trinajstić information content (AvgIpc) is 2.25. The van der Waals surface area contributed by atoms with Crippen molar-refractivity contribution >= 4 is 27.5 Å². The van der Waals surface area contributed by atoms with E-state index in [9.17, 15) is 4.79 Å². The summed E-state index contributed by atoms with van der Waals surface area (Å²) < 4.78 is 0.892. The van der Waals surface area contributed by atoms with Gasteiger partial charge in [-0.3, -0.25) is 9.78 Å². The summed E-state index contributed by atoms with van der Waals surface area (Å²) in [5, 5.41) is 3.02. The molecule has 0 saturated carbocycles. The fourth-order valence-corrected chi connectivity index (χ4v) is 1.36. The number of likely N-dealkylation sites (N-methyl/N-ethyl adjacent to an activating group) is 1. The largest absolute Gasteiger partial charge is 0.375 e. The summed E-state index contributed by atoms with van der Waals surface area (Å²) in [5.41, 5.74) is 0.835. The first-order valence-corrected chi connectivity index (χ1v) is 5.51. The second-order valence-corrected chi connectivity index (χ2v) is 4.07. The van der Waals surface area contributed by atoms with Crippen molar-refractivity contribution in [1.82, 2.24) is 9.88 Å². The van der Waals surface area contributed by atoms with Crippen molar-refractivity contribution in [3.05, 3.63) is 22.9 Å². The molecule has 4 nitrogen and oxygen atoms in total. The molecular formula is C10H14BrN3O. The minimum Gasteiger partial charge on any atom is -0.375 e. The fraction of sp³-hybridized carbons (Fsp3) is 0.400. The summed E-state index contributed by atoms with van der Waals surface area (Å²) >= 11 is 3.31. The second-order valence-electron chi connectivity index (χ2n) is 3.15. The number of carbonyl (C=O) groups is 1. The average molecular weight is 272 g/mol. The Morgan fingerprint density at radius 3 is 2.93 bits per heavy atom. The van der Waals surface area contributed by atoms with Gasteiger partial charge in [0.15, 0.2) is 0 Å². The van der Waals surface area contributed by atoms with Crippen molar-refractivity contribution in [2.24, 2.45) is 0 Å². The van der Waals surface area contributed by atoms with Crippen molar-refractivity contribution in [3.63, 3.8) is 0 Å². The molecule has 0 radical (unpaired) electrons. The Kier molecular flexibility index (Phi) is 4.55. The Morgan fingerprint density at radius 1 is 1.60 bits per heavy atom. The van der Waals surface area contributed by atoms with Crippen LogP contribution in [0.2, 0.25) is 0 Å². The lowest BCUT2D eigenvalue weighted by atomic mass is 10.4. The van der Waals surface area contributed by atoms with E-state index in [0.29, 0.717) is 6.54 Å². The van der Waals surface area contributed by atoms with Crippen molar-refractivity contribution in [2.75, 3.05) is 25.5 Å². The molecule has 0 unspecified atom stereocenters. The number of carbonyl (C=O) groups excluding carboxylic acids is 1. The van der Waals surface area contributed by atoms with Crippen LogP contribution < -0.4 is 5.32 Å². The van der Waals surface area contributed by atoms with Gasteiger partial charge in [0.05, 0.1) is 18.4 Å². The predicted molar refractivity (Wildman–Crippen MR) is 63.7 cm³/mol. The molecule has 1 heterocycles. The van der Waals surface area contributed by atoms with Crippen molar-refractivity contribution in [3.8, 4) is 0 Å². The van der Waals surface area contributed by atoms with Gasteiger partial charge in [0.2, 0.25) is 5.91 Å². The zero-order valence-corrected chi connectivity index (χ0v) is 10.4. The van der Waals surface area contributed by atoms with E-state index in [1.165, 1.54) is 0 Å². The van der Waals surface area contributed by atoms with E-state index in [1.807, 2.05) is 13.0 Å². The zero-order valence-electron chi connectivity index (χ0n) is 8.83. The number of nitrogens with one attached hydrogen (secondary N) is 1. The lowest BCUT2D eigenvalue weighted by Crippen LogP contribution is -2.31. The van der Waals surface area contributed by atoms with Gasteiger partial charge in [0.25, 0.3) is 0 Å². The van der Waals surface area contributed by atoms with E-state index in [-0.39, 0.29) is 5.91 Å². The minimum absolute atomic E-state index is 0.0671. The summed E-state index contributed by atoms with van der Waals surface area (Å²) in [5.74, 6) is 0.0671. The first-order chi connectivity index (χ1) is 7.13. The number of aromatic nitrogens is 1. The van der Waals surface area contributed by atoms with E-state index in [4.69, 9.17) is 0 Å². The molecule has 0 aliphatic heterocycles. The Hall–Kier alpha value is -1.10. The first kappa shape index (κ1) is 12.0. The normalized spacial score (nSPS) is 9.80. The quantitative estimate of drug-likeness (QED) is 0.908. The number of pyridine rings is 1. The highest BCUT2D eigenvalue weighted by Crippen LogP contribution is 2.13. The van der Waals surface area contributed by atoms with Crippen molar-refractivity contribution in [2.45, 2.75) is 6.92 Å². The minimum atomic E-state index is 0.0671. The summed E-state index contributed by atoms with van der Waals surface area (Å²) in [4.78, 5) is 17.1. The number of hydrogen-bond acceptors (Lipinski definition) is 3. The maximum atomic E-state index is 11.5. The zero-order chi connectivity index (χ0) is 11.3. The predicted octanol–water partition coefficient (Wildman–Crippen LogP) is 1.73. The van der Waals surface area contributed by atoms with Gasteiger partial charge in [-0.05, 0) is 28.9 Å². The van der Waals surface area contributed by atoms with Crippen LogP contribution in [0.4, 0.5) is 5.69 Å². The molecular weight excluding hydrogens is 258 g/mol. The molecule has 1 aromatic heterocycles. The Balaban J connectivity index is 2.47. The number of amides is 1. The van der Waals surface area contributed by atoms with Crippen LogP contribution in [0.5, 0.6) is 0 Å². The lowest BCUT2D eigenvalue weighted by molar-refractivity contribution is -0.127. The molecule has 0 bridgehead atoms. The summed E-state index contributed by atoms with van der Waals surface area (Å²) in [6, 6.07) is 1.88. The maximum absolute atomic E-state index is 11.5. The number of hydrogen-bond donors (Lipinski definition) is 1. The van der Waals surface area contributed by atoms with Crippen molar-refractivity contribution < 1.29 is 4.79 Å². The van der Waals surface area contributed by atoms with Crippen LogP contribution in [-0.2, 0) is 4.79 Å². The van der Waals surface area contributed by atoms with Crippen LogP contribution >= 0.6 is 15.9 Å². The number of rotatable bonds is 4. The molecule has 5 heteroatoms. The molecule has 0 saturated heterocycles. The fourth-order valence-electron chi connectivity index (χ4n) is 0.998. The third-order valence-corrected chi connectivity index (χ3v) is 2.48. The van der Waals surface area contributed by atoms with Crippen molar-refractivity contribution in [1.29, 1.82) is 0 Å². The molecule has 82 valence electrons. The van der Waals surface area contributed by atoms with Crippen LogP contribution in [0.3, 0.4) is 0 Å². The number of nitrogens with zero attached hydrogens (tertiary/aromatic N) is 2. The monoisotopic (exact) mass is 271 g/mol. The van der Waals surface area contributed by atoms with E-state index < -0.39 is 0 Å². The molecule has 0 atom stereocenters. The van der Waals surface area contributed by atoms with E-state index in [1.54, 1.807) is 24.3 Å². The maximum Gasteiger partial charge on any atom is 0.241 e. The van der Waals surface area contributed by atoms with Crippen LogP contribution in [0, 0.1) is 0 Å². The number of anilines is 1. The Bertz CT molecular complexity index is 343. The van der Waals surface area contributed by atoms with Crippen LogP contribution in [0.25, 0.3) is 0 Å². The number of halogens is 1. The molecule has 0 aliphatic rings. The van der Waals surface area contributed by atoms with Gasteiger partial charge in [0.1, 0.15) is 0 Å². The molecule has 1 aromatic rings. The third-order valence-electron chi connectivity index (χ3n) is 2.05.